The van der Waals surface area contributed by atoms with Crippen LogP contribution in [0.1, 0.15) is 38.2 Å². The molecular weight excluding hydrogens is 595 g/mol. The molecule has 1 N–H and O–H groups in total. The number of likely N-dealkylation sites (tertiary alicyclic amines) is 1. The van der Waals surface area contributed by atoms with Gasteiger partial charge in [-0.2, -0.15) is 9.78 Å². The molecule has 0 unspecified atom stereocenters. The lowest BCUT2D eigenvalue weighted by atomic mass is 9.95. The van der Waals surface area contributed by atoms with Crippen molar-refractivity contribution in [2.45, 2.75) is 75.9 Å². The van der Waals surface area contributed by atoms with E-state index in [0.717, 1.165) is 48.1 Å². The van der Waals surface area contributed by atoms with E-state index in [9.17, 15) is 14.7 Å². The Morgan fingerprint density at radius 2 is 1.85 bits per heavy atom. The molecule has 4 aromatic rings. The number of nitrogens with zero attached hydrogens (tertiary/aromatic N) is 3. The van der Waals surface area contributed by atoms with Crippen LogP contribution in [-0.4, -0.2) is 72.3 Å². The van der Waals surface area contributed by atoms with Gasteiger partial charge >= 0.3 is 0 Å². The molecule has 3 heterocycles. The fourth-order valence-corrected chi connectivity index (χ4v) is 12.0. The Kier molecular flexibility index (Phi) is 9.45. The molecule has 46 heavy (non-hydrogen) atoms. The quantitative estimate of drug-likeness (QED) is 0.243. The second-order valence-corrected chi connectivity index (χ2v) is 18.2. The smallest absolute Gasteiger partial charge is 0.279 e. The van der Waals surface area contributed by atoms with Gasteiger partial charge in [0, 0.05) is 11.9 Å². The number of hydrogen-bond donors (Lipinski definition) is 1. The Balaban J connectivity index is 1.23. The van der Waals surface area contributed by atoms with Gasteiger partial charge in [0.1, 0.15) is 5.75 Å². The molecule has 5 atom stereocenters. The van der Waals surface area contributed by atoms with Crippen molar-refractivity contribution in [1.29, 1.82) is 0 Å². The average Bonchev–Trinajstić information content (AvgIpc) is 3.68. The first-order valence-electron chi connectivity index (χ1n) is 16.5. The number of benzene rings is 3. The van der Waals surface area contributed by atoms with Crippen LogP contribution in [0.4, 0.5) is 0 Å². The zero-order chi connectivity index (χ0) is 32.4. The number of aliphatic hydroxyl groups is 1. The molecule has 0 saturated carbocycles. The number of amides is 1. The molecule has 0 bridgehead atoms. The van der Waals surface area contributed by atoms with Gasteiger partial charge in [-0.05, 0) is 73.0 Å². The van der Waals surface area contributed by atoms with Crippen LogP contribution >= 0.6 is 0 Å². The number of carbonyl (C=O) groups excluding carboxylic acids is 1. The topological polar surface area (TPSA) is 93.9 Å². The van der Waals surface area contributed by atoms with Crippen molar-refractivity contribution in [1.82, 2.24) is 14.7 Å². The van der Waals surface area contributed by atoms with Gasteiger partial charge in [0.15, 0.2) is 0 Å². The molecule has 0 spiro atoms. The number of aryl methyl sites for hydroxylation is 1. The highest BCUT2D eigenvalue weighted by Gasteiger charge is 2.51. The average molecular weight is 640 g/mol. The van der Waals surface area contributed by atoms with E-state index in [2.05, 4.69) is 43.3 Å². The summed E-state index contributed by atoms with van der Waals surface area (Å²) in [5.74, 6) is 1.17. The maximum Gasteiger partial charge on any atom is 0.279 e. The van der Waals surface area contributed by atoms with Crippen LogP contribution in [0.25, 0.3) is 16.5 Å². The highest BCUT2D eigenvalue weighted by atomic mass is 28.3. The summed E-state index contributed by atoms with van der Waals surface area (Å²) in [5, 5.41) is 17.1. The van der Waals surface area contributed by atoms with Gasteiger partial charge in [-0.15, -0.1) is 0 Å². The second kappa shape index (κ2) is 13.5. The van der Waals surface area contributed by atoms with E-state index in [1.807, 2.05) is 59.5 Å². The molecule has 6 rings (SSSR count). The highest BCUT2D eigenvalue weighted by molar-refractivity contribution is 6.91. The Morgan fingerprint density at radius 1 is 1.07 bits per heavy atom. The molecule has 2 aliphatic heterocycles. The predicted octanol–water partition coefficient (Wildman–Crippen LogP) is 5.09. The van der Waals surface area contributed by atoms with Crippen molar-refractivity contribution in [2.24, 2.45) is 5.92 Å². The number of ether oxygens (including phenoxy) is 2. The molecule has 3 aromatic carbocycles. The molecule has 2 saturated heterocycles. The van der Waals surface area contributed by atoms with Crippen LogP contribution in [0.2, 0.25) is 18.6 Å². The molecule has 8 nitrogen and oxygen atoms in total. The number of carbonyl (C=O) groups is 1. The maximum atomic E-state index is 13.6. The minimum absolute atomic E-state index is 0.00568. The summed E-state index contributed by atoms with van der Waals surface area (Å²) in [4.78, 5) is 28.7. The SMILES string of the molecule is COc1ccc([Si](C)(C)[C@@H]2[C@@H](C)[C@@H](CCc3cccc(-n4ncc5ccccc5c4=O)c3)O[C@H]2CC(=O)N2CCC[C@H]2CO)cc1. The molecule has 2 aliphatic rings. The summed E-state index contributed by atoms with van der Waals surface area (Å²) in [6.07, 6.45) is 5.23. The van der Waals surface area contributed by atoms with Crippen molar-refractivity contribution in [2.75, 3.05) is 20.3 Å². The molecule has 9 heteroatoms. The lowest BCUT2D eigenvalue weighted by Crippen LogP contribution is -2.51. The number of aliphatic hydroxyl groups excluding tert-OH is 1. The van der Waals surface area contributed by atoms with Crippen LogP contribution in [-0.2, 0) is 16.0 Å². The third-order valence-corrected chi connectivity index (χ3v) is 14.8. The van der Waals surface area contributed by atoms with E-state index >= 15 is 0 Å². The van der Waals surface area contributed by atoms with E-state index in [1.54, 1.807) is 13.3 Å². The molecule has 1 aromatic heterocycles. The van der Waals surface area contributed by atoms with Crippen LogP contribution < -0.4 is 15.5 Å². The molecule has 1 amide bonds. The first kappa shape index (κ1) is 32.2. The van der Waals surface area contributed by atoms with E-state index in [1.165, 1.54) is 9.87 Å². The fraction of sp³-hybridized carbons (Fsp3) is 0.432. The largest absolute Gasteiger partial charge is 0.497 e. The van der Waals surface area contributed by atoms with Crippen LogP contribution in [0, 0.1) is 5.92 Å². The minimum Gasteiger partial charge on any atom is -0.497 e. The molecule has 0 aliphatic carbocycles. The number of methoxy groups -OCH3 is 1. The van der Waals surface area contributed by atoms with Crippen LogP contribution in [0.5, 0.6) is 5.75 Å². The molecule has 2 fully saturated rings. The second-order valence-electron chi connectivity index (χ2n) is 13.5. The van der Waals surface area contributed by atoms with Crippen molar-refractivity contribution in [3.8, 4) is 11.4 Å². The van der Waals surface area contributed by atoms with Gasteiger partial charge in [-0.1, -0.05) is 67.7 Å². The van der Waals surface area contributed by atoms with E-state index in [0.29, 0.717) is 18.4 Å². The Hall–Kier alpha value is -3.79. The third kappa shape index (κ3) is 6.28. The first-order chi connectivity index (χ1) is 22.2. The monoisotopic (exact) mass is 639 g/mol. The number of hydrogen-bond acceptors (Lipinski definition) is 6. The number of rotatable bonds is 10. The summed E-state index contributed by atoms with van der Waals surface area (Å²) >= 11 is 0. The van der Waals surface area contributed by atoms with Gasteiger partial charge in [-0.3, -0.25) is 9.59 Å². The Labute approximate surface area is 272 Å². The van der Waals surface area contributed by atoms with Crippen molar-refractivity contribution in [3.63, 3.8) is 0 Å². The Morgan fingerprint density at radius 3 is 2.61 bits per heavy atom. The van der Waals surface area contributed by atoms with Gasteiger partial charge in [0.2, 0.25) is 5.91 Å². The summed E-state index contributed by atoms with van der Waals surface area (Å²) in [6.45, 7) is 7.78. The summed E-state index contributed by atoms with van der Waals surface area (Å²) in [7, 11) is -0.437. The maximum absolute atomic E-state index is 13.6. The lowest BCUT2D eigenvalue weighted by Gasteiger charge is -2.36. The van der Waals surface area contributed by atoms with Crippen molar-refractivity contribution in [3.05, 3.63) is 94.9 Å². The zero-order valence-corrected chi connectivity index (χ0v) is 28.3. The molecule has 242 valence electrons. The van der Waals surface area contributed by atoms with E-state index in [4.69, 9.17) is 9.47 Å². The molecule has 0 radical (unpaired) electrons. The summed E-state index contributed by atoms with van der Waals surface area (Å²) < 4.78 is 13.8. The van der Waals surface area contributed by atoms with E-state index < -0.39 is 8.07 Å². The van der Waals surface area contributed by atoms with Crippen molar-refractivity contribution >= 4 is 29.9 Å². The minimum atomic E-state index is -2.12. The molecular formula is C37H45N3O5Si. The van der Waals surface area contributed by atoms with Gasteiger partial charge < -0.3 is 19.5 Å². The van der Waals surface area contributed by atoms with Crippen molar-refractivity contribution < 1.29 is 19.4 Å². The standard InChI is InChI=1S/C37H45N3O5Si/c1-25-33(19-14-26-9-7-11-28(21-26)40-37(43)32-13-6-5-10-27(32)23-38-40)45-34(22-35(42)39-20-8-12-29(39)24-41)36(25)46(3,4)31-17-15-30(44-2)16-18-31/h5-7,9-11,13,15-18,21,23,25,29,33-34,36,41H,8,12,14,19-20,22,24H2,1-4H3/t25-,29-,33+,34-,36+/m0/s1. The number of aromatic nitrogens is 2. The lowest BCUT2D eigenvalue weighted by molar-refractivity contribution is -0.135. The number of fused-ring (bicyclic) bond motifs is 1. The summed E-state index contributed by atoms with van der Waals surface area (Å²) in [5.41, 5.74) is 1.95. The van der Waals surface area contributed by atoms with Crippen LogP contribution in [0.15, 0.2) is 83.8 Å². The Bertz CT molecular complexity index is 1740. The van der Waals surface area contributed by atoms with Gasteiger partial charge in [0.25, 0.3) is 5.56 Å². The van der Waals surface area contributed by atoms with Gasteiger partial charge in [-0.25, -0.2) is 0 Å². The first-order valence-corrected chi connectivity index (χ1v) is 19.6. The third-order valence-electron chi connectivity index (χ3n) is 10.4. The van der Waals surface area contributed by atoms with Gasteiger partial charge in [0.05, 0.1) is 63.7 Å². The zero-order valence-electron chi connectivity index (χ0n) is 27.3. The summed E-state index contributed by atoms with van der Waals surface area (Å²) in [6, 6.07) is 23.9. The highest BCUT2D eigenvalue weighted by Crippen LogP contribution is 2.46. The predicted molar refractivity (Wildman–Crippen MR) is 184 cm³/mol. The fourth-order valence-electron chi connectivity index (χ4n) is 7.91. The normalized spacial score (nSPS) is 23.2. The van der Waals surface area contributed by atoms with E-state index in [-0.39, 0.29) is 47.8 Å². The van der Waals surface area contributed by atoms with Crippen LogP contribution in [0.3, 0.4) is 0 Å².